The van der Waals surface area contributed by atoms with E-state index in [-0.39, 0.29) is 0 Å². The average Bonchev–Trinajstić information content (AvgIpc) is 3.15. The van der Waals surface area contributed by atoms with Crippen molar-refractivity contribution in [3.8, 4) is 5.75 Å². The van der Waals surface area contributed by atoms with Gasteiger partial charge >= 0.3 is 0 Å². The van der Waals surface area contributed by atoms with E-state index in [9.17, 15) is 0 Å². The second-order valence-electron chi connectivity index (χ2n) is 14.4. The first-order valence-corrected chi connectivity index (χ1v) is 15.7. The predicted octanol–water partition coefficient (Wildman–Crippen LogP) is 10.2. The van der Waals surface area contributed by atoms with Crippen molar-refractivity contribution in [1.29, 1.82) is 0 Å². The highest BCUT2D eigenvalue weighted by Gasteiger charge is 2.63. The van der Waals surface area contributed by atoms with Crippen molar-refractivity contribution in [2.45, 2.75) is 118 Å². The van der Waals surface area contributed by atoms with E-state index in [1.165, 1.54) is 82.6 Å². The Balaban J connectivity index is 1.41. The Kier molecular flexibility index (Phi) is 7.69. The van der Waals surface area contributed by atoms with Crippen LogP contribution in [0.4, 0.5) is 0 Å². The summed E-state index contributed by atoms with van der Waals surface area (Å²) in [6, 6.07) is 8.68. The lowest BCUT2D eigenvalue weighted by molar-refractivity contribution is -0.115. The lowest BCUT2D eigenvalue weighted by Crippen LogP contribution is -2.53. The largest absolute Gasteiger partial charge is 0.490 e. The SMILES string of the molecule is C=Cc1ccc(OC2C[C@H]3[C@@H]4CCC5CCCC[C@]5(C)[C@H]4CC[C@]3(C)[C@H]2[C@H](C)CCCC(C)C)cc1. The number of rotatable bonds is 8. The average molecular weight is 491 g/mol. The highest BCUT2D eigenvalue weighted by Crippen LogP contribution is 2.68. The monoisotopic (exact) mass is 490 g/mol. The molecule has 4 aliphatic carbocycles. The maximum Gasteiger partial charge on any atom is 0.119 e. The minimum absolute atomic E-state index is 0.360. The molecular weight excluding hydrogens is 436 g/mol. The van der Waals surface area contributed by atoms with Crippen LogP contribution in [0.15, 0.2) is 30.8 Å². The van der Waals surface area contributed by atoms with Gasteiger partial charge in [-0.3, -0.25) is 0 Å². The third-order valence-corrected chi connectivity index (χ3v) is 12.1. The Morgan fingerprint density at radius 1 is 0.917 bits per heavy atom. The molecule has 0 aromatic heterocycles. The van der Waals surface area contributed by atoms with Crippen LogP contribution in [-0.2, 0) is 0 Å². The third-order valence-electron chi connectivity index (χ3n) is 12.1. The van der Waals surface area contributed by atoms with Gasteiger partial charge in [0.1, 0.15) is 11.9 Å². The van der Waals surface area contributed by atoms with Crippen molar-refractivity contribution in [3.63, 3.8) is 0 Å². The van der Waals surface area contributed by atoms with Gasteiger partial charge in [0.2, 0.25) is 0 Å². The zero-order chi connectivity index (χ0) is 25.5. The van der Waals surface area contributed by atoms with Crippen molar-refractivity contribution in [2.75, 3.05) is 0 Å². The Morgan fingerprint density at radius 3 is 2.42 bits per heavy atom. The lowest BCUT2D eigenvalue weighted by Gasteiger charge is -2.60. The minimum Gasteiger partial charge on any atom is -0.490 e. The van der Waals surface area contributed by atoms with Crippen LogP contribution in [0.3, 0.4) is 0 Å². The van der Waals surface area contributed by atoms with Crippen molar-refractivity contribution >= 4 is 6.08 Å². The lowest BCUT2D eigenvalue weighted by atomic mass is 9.44. The summed E-state index contributed by atoms with van der Waals surface area (Å²) in [5.74, 6) is 6.99. The van der Waals surface area contributed by atoms with Gasteiger partial charge < -0.3 is 4.74 Å². The molecule has 0 amide bonds. The predicted molar refractivity (Wildman–Crippen MR) is 154 cm³/mol. The van der Waals surface area contributed by atoms with Crippen molar-refractivity contribution in [3.05, 3.63) is 36.4 Å². The van der Waals surface area contributed by atoms with Gasteiger partial charge in [0.15, 0.2) is 0 Å². The summed E-state index contributed by atoms with van der Waals surface area (Å²) in [5.41, 5.74) is 2.22. The zero-order valence-electron chi connectivity index (χ0n) is 24.1. The van der Waals surface area contributed by atoms with Crippen LogP contribution in [0.1, 0.15) is 117 Å². The molecule has 4 fully saturated rings. The van der Waals surface area contributed by atoms with Gasteiger partial charge in [-0.2, -0.15) is 0 Å². The third kappa shape index (κ3) is 4.71. The van der Waals surface area contributed by atoms with Crippen LogP contribution in [0.25, 0.3) is 6.08 Å². The quantitative estimate of drug-likeness (QED) is 0.352. The summed E-state index contributed by atoms with van der Waals surface area (Å²) >= 11 is 0. The first-order valence-electron chi connectivity index (χ1n) is 15.7. The molecule has 0 N–H and O–H groups in total. The molecule has 9 atom stereocenters. The summed E-state index contributed by atoms with van der Waals surface area (Å²) in [5, 5.41) is 0. The summed E-state index contributed by atoms with van der Waals surface area (Å²) < 4.78 is 6.97. The van der Waals surface area contributed by atoms with E-state index in [4.69, 9.17) is 4.74 Å². The van der Waals surface area contributed by atoms with Gasteiger partial charge in [0.05, 0.1) is 0 Å². The number of hydrogen-bond acceptors (Lipinski definition) is 1. The van der Waals surface area contributed by atoms with Crippen LogP contribution >= 0.6 is 0 Å². The van der Waals surface area contributed by atoms with Crippen molar-refractivity contribution in [2.24, 2.45) is 52.3 Å². The fraction of sp³-hybridized carbons (Fsp3) is 0.771. The van der Waals surface area contributed by atoms with Crippen LogP contribution in [0.2, 0.25) is 0 Å². The van der Waals surface area contributed by atoms with E-state index in [1.807, 2.05) is 6.08 Å². The molecule has 0 spiro atoms. The maximum atomic E-state index is 6.97. The Hall–Kier alpha value is -1.24. The molecule has 36 heavy (non-hydrogen) atoms. The molecule has 0 bridgehead atoms. The number of benzene rings is 1. The molecule has 0 radical (unpaired) electrons. The van der Waals surface area contributed by atoms with E-state index in [1.54, 1.807) is 0 Å². The maximum absolute atomic E-state index is 6.97. The molecule has 2 unspecified atom stereocenters. The Morgan fingerprint density at radius 2 is 1.69 bits per heavy atom. The number of ether oxygens (including phenoxy) is 1. The van der Waals surface area contributed by atoms with E-state index in [2.05, 4.69) is 65.5 Å². The van der Waals surface area contributed by atoms with Crippen LogP contribution < -0.4 is 4.74 Å². The standard InChI is InChI=1S/C35H54O/c1-7-26-14-17-28(18-15-26)36-32-23-31-29-19-16-27-13-8-9-21-34(27,5)30(29)20-22-35(31,6)33(32)25(4)12-10-11-24(2)3/h7,14-15,17-18,24-25,27,29-33H,1,8-13,16,19-23H2,2-6H3/t25-,27?,29-,30+,31+,32?,33+,34+,35+/m1/s1. The minimum atomic E-state index is 0.360. The fourth-order valence-electron chi connectivity index (χ4n) is 10.3. The van der Waals surface area contributed by atoms with Gasteiger partial charge in [-0.1, -0.05) is 91.5 Å². The molecule has 4 aliphatic rings. The highest BCUT2D eigenvalue weighted by atomic mass is 16.5. The van der Waals surface area contributed by atoms with Crippen molar-refractivity contribution < 1.29 is 4.74 Å². The number of hydrogen-bond donors (Lipinski definition) is 0. The van der Waals surface area contributed by atoms with Crippen molar-refractivity contribution in [1.82, 2.24) is 0 Å². The highest BCUT2D eigenvalue weighted by molar-refractivity contribution is 5.48. The van der Waals surface area contributed by atoms with Crippen LogP contribution in [0.5, 0.6) is 5.75 Å². The smallest absolute Gasteiger partial charge is 0.119 e. The van der Waals surface area contributed by atoms with Gasteiger partial charge in [0, 0.05) is 5.92 Å². The first-order chi connectivity index (χ1) is 17.3. The van der Waals surface area contributed by atoms with Crippen LogP contribution in [-0.4, -0.2) is 6.10 Å². The summed E-state index contributed by atoms with van der Waals surface area (Å²) in [7, 11) is 0. The molecule has 1 heteroatoms. The molecule has 200 valence electrons. The zero-order valence-corrected chi connectivity index (χ0v) is 24.1. The summed E-state index contributed by atoms with van der Waals surface area (Å²) in [4.78, 5) is 0. The molecule has 0 saturated heterocycles. The Bertz CT molecular complexity index is 884. The summed E-state index contributed by atoms with van der Waals surface area (Å²) in [6.45, 7) is 16.7. The molecule has 1 aromatic carbocycles. The number of fused-ring (bicyclic) bond motifs is 5. The second kappa shape index (κ2) is 10.5. The normalized spacial score (nSPS) is 40.7. The summed E-state index contributed by atoms with van der Waals surface area (Å²) in [6.07, 6.45) is 19.5. The molecule has 4 saturated carbocycles. The van der Waals surface area contributed by atoms with Gasteiger partial charge in [-0.05, 0) is 109 Å². The molecule has 0 aliphatic heterocycles. The van der Waals surface area contributed by atoms with E-state index < -0.39 is 0 Å². The van der Waals surface area contributed by atoms with E-state index >= 15 is 0 Å². The van der Waals surface area contributed by atoms with Gasteiger partial charge in [-0.15, -0.1) is 0 Å². The molecule has 1 nitrogen and oxygen atoms in total. The molecular formula is C35H54O. The topological polar surface area (TPSA) is 9.23 Å². The van der Waals surface area contributed by atoms with E-state index in [0.717, 1.165) is 41.3 Å². The Labute approximate surface area is 222 Å². The molecule has 5 rings (SSSR count). The fourth-order valence-corrected chi connectivity index (χ4v) is 10.3. The van der Waals surface area contributed by atoms with E-state index in [0.29, 0.717) is 22.9 Å². The molecule has 1 aromatic rings. The van der Waals surface area contributed by atoms with Gasteiger partial charge in [0.25, 0.3) is 0 Å². The first kappa shape index (κ1) is 26.4. The second-order valence-corrected chi connectivity index (χ2v) is 14.4. The van der Waals surface area contributed by atoms with Gasteiger partial charge in [-0.25, -0.2) is 0 Å². The van der Waals surface area contributed by atoms with Crippen LogP contribution in [0, 0.1) is 52.3 Å². The molecule has 0 heterocycles.